The number of aromatic nitrogens is 6. The second kappa shape index (κ2) is 28.0. The van der Waals surface area contributed by atoms with Gasteiger partial charge in [0, 0.05) is 116 Å². The van der Waals surface area contributed by atoms with Crippen LogP contribution >= 0.6 is 15.9 Å². The van der Waals surface area contributed by atoms with Crippen molar-refractivity contribution in [2.75, 3.05) is 90.3 Å². The van der Waals surface area contributed by atoms with Crippen molar-refractivity contribution < 1.29 is 53.9 Å². The van der Waals surface area contributed by atoms with Gasteiger partial charge in [-0.25, -0.2) is 54.3 Å². The molecule has 0 unspecified atom stereocenters. The van der Waals surface area contributed by atoms with Crippen LogP contribution in [0.3, 0.4) is 0 Å². The molecule has 4 aromatic carbocycles. The lowest BCUT2D eigenvalue weighted by atomic mass is 9.80. The number of sulfonamides is 1. The van der Waals surface area contributed by atoms with E-state index in [9.17, 15) is 25.6 Å². The van der Waals surface area contributed by atoms with Crippen LogP contribution in [0.25, 0.3) is 55.7 Å². The zero-order valence-electron chi connectivity index (χ0n) is 48.9. The number of hydrogen-bond acceptors (Lipinski definition) is 18. The molecular formula is C63H59BBrF4N11O8S2. The Morgan fingerprint density at radius 3 is 1.53 bits per heavy atom. The van der Waals surface area contributed by atoms with Crippen LogP contribution in [0.2, 0.25) is 0 Å². The summed E-state index contributed by atoms with van der Waals surface area (Å²) in [5, 5.41) is 24.7. The fourth-order valence-electron chi connectivity index (χ4n) is 10.2. The standard InChI is InChI=1S/C32H29F2N5O3S.C24H20BrF2N5O.C7H10BNO4S/c1-20-31(26-5-3-4-10-35-26)38-28-16-23(33)15-25(34)30(28)32(20)37-27-17-29(39-11-13-42-14-12-39)36-18-24(27)22-8-6-21(7-9-22)19-43(2,40)41;1-14-23(18-4-2-3-5-28-18)31-20-11-15(26)10-17(27)22(20)24(14)30-19-12-21(29-13-16(19)25)32-6-8-33-9-7-32;1-14(12,13)9-7-4-2-6(3-5-7)8(10)11/h3-10,15-18H,11-14,19H2,1-2H3,(H,36,37,38);2-5,10-13H,6-9H2,1H3,(H,29,30,31);2-5,9-11H,1H3. The lowest BCUT2D eigenvalue weighted by Crippen LogP contribution is -2.36. The molecule has 8 heterocycles. The Morgan fingerprint density at radius 2 is 1.08 bits per heavy atom. The number of rotatable bonds is 14. The zero-order chi connectivity index (χ0) is 63.9. The summed E-state index contributed by atoms with van der Waals surface area (Å²) in [5.41, 5.74) is 9.06. The molecule has 0 amide bonds. The highest BCUT2D eigenvalue weighted by Gasteiger charge is 2.24. The van der Waals surface area contributed by atoms with E-state index >= 15 is 8.78 Å². The molecule has 10 aromatic rings. The van der Waals surface area contributed by atoms with Gasteiger partial charge in [0.2, 0.25) is 10.0 Å². The molecule has 0 radical (unpaired) electrons. The maximum atomic E-state index is 15.5. The van der Waals surface area contributed by atoms with E-state index in [0.717, 1.165) is 48.7 Å². The Labute approximate surface area is 525 Å². The zero-order valence-corrected chi connectivity index (χ0v) is 52.1. The number of nitrogens with one attached hydrogen (secondary N) is 3. The third kappa shape index (κ3) is 15.8. The van der Waals surface area contributed by atoms with Crippen LogP contribution < -0.4 is 30.6 Å². The van der Waals surface area contributed by atoms with Crippen LogP contribution in [-0.4, -0.2) is 129 Å². The van der Waals surface area contributed by atoms with E-state index < -0.39 is 50.2 Å². The summed E-state index contributed by atoms with van der Waals surface area (Å²) in [6.07, 6.45) is 9.00. The van der Waals surface area contributed by atoms with Gasteiger partial charge in [0.25, 0.3) is 0 Å². The highest BCUT2D eigenvalue weighted by atomic mass is 79.9. The molecule has 0 saturated carbocycles. The Kier molecular flexibility index (Phi) is 20.0. The van der Waals surface area contributed by atoms with Gasteiger partial charge in [-0.3, -0.25) is 14.7 Å². The van der Waals surface area contributed by atoms with Crippen LogP contribution in [0.4, 0.5) is 57.6 Å². The van der Waals surface area contributed by atoms with E-state index in [-0.39, 0.29) is 27.6 Å². The van der Waals surface area contributed by atoms with Crippen LogP contribution in [0.1, 0.15) is 16.7 Å². The Hall–Kier alpha value is -8.70. The van der Waals surface area contributed by atoms with Crippen LogP contribution in [0.15, 0.2) is 151 Å². The molecule has 0 bridgehead atoms. The first-order valence-corrected chi connectivity index (χ1v) is 32.8. The average molecular weight is 1330 g/mol. The first-order chi connectivity index (χ1) is 43.0. The fraction of sp³-hybridized carbons (Fsp3) is 0.206. The minimum atomic E-state index is -3.29. The normalized spacial score (nSPS) is 13.5. The number of sulfone groups is 1. The quantitative estimate of drug-likeness (QED) is 0.0502. The third-order valence-electron chi connectivity index (χ3n) is 14.4. The van der Waals surface area contributed by atoms with Gasteiger partial charge in [0.1, 0.15) is 34.9 Å². The van der Waals surface area contributed by atoms with Gasteiger partial charge in [-0.15, -0.1) is 0 Å². The van der Waals surface area contributed by atoms with Crippen molar-refractivity contribution in [3.8, 4) is 33.9 Å². The second-order valence-corrected chi connectivity index (χ2v) is 25.9. The first kappa shape index (κ1) is 64.3. The Balaban J connectivity index is 0.000000167. The molecule has 0 spiro atoms. The molecule has 5 N–H and O–H groups in total. The van der Waals surface area contributed by atoms with Crippen molar-refractivity contribution in [2.24, 2.45) is 0 Å². The maximum absolute atomic E-state index is 15.5. The van der Waals surface area contributed by atoms with Gasteiger partial charge >= 0.3 is 7.12 Å². The van der Waals surface area contributed by atoms with Crippen molar-refractivity contribution in [1.82, 2.24) is 29.9 Å². The molecule has 2 aliphatic rings. The number of morpholine rings is 2. The fourth-order valence-corrected chi connectivity index (χ4v) is 11.8. The van der Waals surface area contributed by atoms with Gasteiger partial charge in [-0.2, -0.15) is 0 Å². The van der Waals surface area contributed by atoms with E-state index in [4.69, 9.17) is 24.5 Å². The lowest BCUT2D eigenvalue weighted by molar-refractivity contribution is 0.122. The summed E-state index contributed by atoms with van der Waals surface area (Å²) in [6, 6.07) is 31.8. The van der Waals surface area contributed by atoms with E-state index in [1.807, 2.05) is 56.3 Å². The molecule has 464 valence electrons. The van der Waals surface area contributed by atoms with Crippen molar-refractivity contribution >= 4 is 110 Å². The monoisotopic (exact) mass is 1330 g/mol. The number of anilines is 7. The van der Waals surface area contributed by atoms with Crippen molar-refractivity contribution in [1.29, 1.82) is 0 Å². The van der Waals surface area contributed by atoms with E-state index in [1.165, 1.54) is 42.7 Å². The predicted octanol–water partition coefficient (Wildman–Crippen LogP) is 10.4. The van der Waals surface area contributed by atoms with Crippen LogP contribution in [0.5, 0.6) is 0 Å². The molecule has 0 atom stereocenters. The van der Waals surface area contributed by atoms with Gasteiger partial charge in [0.05, 0.1) is 110 Å². The third-order valence-corrected chi connectivity index (χ3v) is 16.5. The number of hydrogen-bond donors (Lipinski definition) is 5. The van der Waals surface area contributed by atoms with E-state index in [1.54, 1.807) is 55.1 Å². The highest BCUT2D eigenvalue weighted by Crippen LogP contribution is 2.42. The van der Waals surface area contributed by atoms with Crippen molar-refractivity contribution in [3.05, 3.63) is 191 Å². The molecule has 19 nitrogen and oxygen atoms in total. The van der Waals surface area contributed by atoms with Gasteiger partial charge in [-0.05, 0) is 82.8 Å². The lowest BCUT2D eigenvalue weighted by Gasteiger charge is -2.28. The molecule has 6 aromatic heterocycles. The summed E-state index contributed by atoms with van der Waals surface area (Å²) < 4.78 is 118. The van der Waals surface area contributed by atoms with Crippen LogP contribution in [0, 0.1) is 37.1 Å². The van der Waals surface area contributed by atoms with Gasteiger partial charge < -0.3 is 40.0 Å². The molecule has 27 heteroatoms. The highest BCUT2D eigenvalue weighted by molar-refractivity contribution is 9.10. The summed E-state index contributed by atoms with van der Waals surface area (Å²) in [4.78, 5) is 31.5. The first-order valence-electron chi connectivity index (χ1n) is 28.0. The van der Waals surface area contributed by atoms with E-state index in [0.29, 0.717) is 123 Å². The number of nitrogens with zero attached hydrogens (tertiary/aromatic N) is 8. The molecule has 2 saturated heterocycles. The minimum absolute atomic E-state index is 0.0685. The molecule has 0 aliphatic carbocycles. The van der Waals surface area contributed by atoms with Gasteiger partial charge in [-0.1, -0.05) is 48.5 Å². The number of ether oxygens (including phenoxy) is 2. The Morgan fingerprint density at radius 1 is 0.600 bits per heavy atom. The van der Waals surface area contributed by atoms with Gasteiger partial charge in [0.15, 0.2) is 9.84 Å². The predicted molar refractivity (Wildman–Crippen MR) is 347 cm³/mol. The van der Waals surface area contributed by atoms with Crippen molar-refractivity contribution in [3.63, 3.8) is 0 Å². The topological polar surface area (TPSA) is 247 Å². The SMILES string of the molecule is CS(=O)(=O)Nc1ccc(B(O)O)cc1.Cc1c(-c2ccccn2)nc2cc(F)cc(F)c2c1Nc1cc(N2CCOCC2)ncc1-c1ccc(CS(C)(=O)=O)cc1.Cc1c(-c2ccccn2)nc2cc(F)cc(F)c2c1Nc1cc(N2CCOCC2)ncc1Br. The average Bonchev–Trinajstić information content (AvgIpc) is 0.794. The minimum Gasteiger partial charge on any atom is -0.423 e. The summed E-state index contributed by atoms with van der Waals surface area (Å²) in [6.45, 7) is 8.91. The summed E-state index contributed by atoms with van der Waals surface area (Å²) in [7, 11) is -8.02. The molecular weight excluding hydrogens is 1270 g/mol. The number of halogens is 5. The summed E-state index contributed by atoms with van der Waals surface area (Å²) >= 11 is 3.54. The Bertz CT molecular complexity index is 4470. The molecule has 2 fully saturated rings. The summed E-state index contributed by atoms with van der Waals surface area (Å²) in [5.74, 6) is -1.40. The number of fused-ring (bicyclic) bond motifs is 2. The second-order valence-electron chi connectivity index (χ2n) is 21.1. The van der Waals surface area contributed by atoms with E-state index in [2.05, 4.69) is 66.0 Å². The smallest absolute Gasteiger partial charge is 0.423 e. The van der Waals surface area contributed by atoms with Crippen molar-refractivity contribution in [2.45, 2.75) is 19.6 Å². The number of pyridine rings is 6. The molecule has 2 aliphatic heterocycles. The molecule has 90 heavy (non-hydrogen) atoms. The van der Waals surface area contributed by atoms with Crippen LogP contribution in [-0.2, 0) is 35.1 Å². The maximum Gasteiger partial charge on any atom is 0.488 e. The number of benzene rings is 4. The largest absolute Gasteiger partial charge is 0.488 e. The molecule has 12 rings (SSSR count).